The molecule has 10 atom stereocenters. The molecule has 0 amide bonds. The van der Waals surface area contributed by atoms with Crippen molar-refractivity contribution < 1.29 is 89.1 Å². The third kappa shape index (κ3) is 8.15. The average Bonchev–Trinajstić information content (AvgIpc) is 3.16. The molecule has 55 heavy (non-hydrogen) atoms. The number of hydrogen-bond donors (Lipinski definition) is 11. The van der Waals surface area contributed by atoms with Gasteiger partial charge in [0.25, 0.3) is 0 Å². The van der Waals surface area contributed by atoms with E-state index >= 15 is 0 Å². The van der Waals surface area contributed by atoms with E-state index < -0.39 is 109 Å². The van der Waals surface area contributed by atoms with Crippen LogP contribution in [0, 0.1) is 0 Å². The Hall–Kier alpha value is -5.48. The Bertz CT molecular complexity index is 2100. The van der Waals surface area contributed by atoms with Crippen LogP contribution in [-0.4, -0.2) is 137 Å². The number of carbonyl (C=O) groups excluding carboxylic acids is 1. The number of benzene rings is 3. The predicted molar refractivity (Wildman–Crippen MR) is 183 cm³/mol. The third-order valence-corrected chi connectivity index (χ3v) is 8.84. The molecule has 294 valence electrons. The second-order valence-corrected chi connectivity index (χ2v) is 12.6. The zero-order chi connectivity index (χ0) is 39.7. The number of phenolic OH excluding ortho intramolecular Hbond substituents is 4. The summed E-state index contributed by atoms with van der Waals surface area (Å²) in [5, 5.41) is 112. The molecule has 3 aromatic carbocycles. The van der Waals surface area contributed by atoms with Crippen molar-refractivity contribution in [1.29, 1.82) is 0 Å². The van der Waals surface area contributed by atoms with Crippen molar-refractivity contribution in [3.05, 3.63) is 76.5 Å². The summed E-state index contributed by atoms with van der Waals surface area (Å²) in [6.45, 7) is -1.43. The highest BCUT2D eigenvalue weighted by atomic mass is 16.7. The summed E-state index contributed by atoms with van der Waals surface area (Å²) in [7, 11) is 0. The molecule has 2 fully saturated rings. The zero-order valence-electron chi connectivity index (χ0n) is 28.2. The summed E-state index contributed by atoms with van der Waals surface area (Å²) >= 11 is 0. The van der Waals surface area contributed by atoms with E-state index in [0.29, 0.717) is 5.56 Å². The summed E-state index contributed by atoms with van der Waals surface area (Å²) in [6.07, 6.45) is -15.3. The van der Waals surface area contributed by atoms with Crippen molar-refractivity contribution in [3.63, 3.8) is 0 Å². The molecule has 0 aliphatic carbocycles. The second-order valence-electron chi connectivity index (χ2n) is 12.6. The van der Waals surface area contributed by atoms with Gasteiger partial charge in [0.05, 0.1) is 6.61 Å². The van der Waals surface area contributed by atoms with Crippen molar-refractivity contribution >= 4 is 23.0 Å². The van der Waals surface area contributed by atoms with Gasteiger partial charge in [0.1, 0.15) is 83.7 Å². The number of rotatable bonds is 10. The fourth-order valence-corrected chi connectivity index (χ4v) is 5.82. The van der Waals surface area contributed by atoms with E-state index in [0.717, 1.165) is 18.2 Å². The van der Waals surface area contributed by atoms with Crippen molar-refractivity contribution in [3.8, 4) is 45.8 Å². The highest BCUT2D eigenvalue weighted by Gasteiger charge is 2.47. The van der Waals surface area contributed by atoms with Crippen LogP contribution in [0.1, 0.15) is 5.56 Å². The first kappa shape index (κ1) is 39.2. The van der Waals surface area contributed by atoms with Crippen LogP contribution in [-0.2, 0) is 19.0 Å². The molecule has 0 spiro atoms. The molecule has 0 unspecified atom stereocenters. The van der Waals surface area contributed by atoms with E-state index in [1.165, 1.54) is 48.5 Å². The molecule has 11 N–H and O–H groups in total. The van der Waals surface area contributed by atoms with Crippen LogP contribution in [0.4, 0.5) is 0 Å². The zero-order valence-corrected chi connectivity index (χ0v) is 28.2. The summed E-state index contributed by atoms with van der Waals surface area (Å²) in [5.41, 5.74) is -0.945. The standard InChI is InChI=1S/C36H36O19/c37-12-22-26(43)29(46)31(48)35(53-22)51-17-10-20(41)25-21(11-17)52-33(15-3-5-16(38)6-4-15)34(28(25)45)55-36-32(49)30(47)27(44)23(54-36)13-50-24(42)8-2-14-1-7-18(39)19(40)9-14/h1-11,22-23,26-27,29-32,35-41,43-44,46-49H,12-13H2/b8-2+/t22-,23-,26-,27-,29+,30+,31-,32-,35-,36+/m1/s1. The normalized spacial score (nSPS) is 28.3. The molecule has 1 aromatic heterocycles. The fraction of sp³-hybridized carbons (Fsp3) is 0.333. The van der Waals surface area contributed by atoms with E-state index in [2.05, 4.69) is 0 Å². The van der Waals surface area contributed by atoms with Gasteiger partial charge in [0.15, 0.2) is 17.3 Å². The lowest BCUT2D eigenvalue weighted by atomic mass is 9.99. The summed E-state index contributed by atoms with van der Waals surface area (Å²) in [4.78, 5) is 26.4. The van der Waals surface area contributed by atoms with Crippen LogP contribution < -0.4 is 14.9 Å². The quantitative estimate of drug-likeness (QED) is 0.0518. The monoisotopic (exact) mass is 772 g/mol. The number of hydrogen-bond acceptors (Lipinski definition) is 19. The Morgan fingerprint density at radius 1 is 0.709 bits per heavy atom. The average molecular weight is 773 g/mol. The van der Waals surface area contributed by atoms with Gasteiger partial charge in [-0.05, 0) is 48.0 Å². The van der Waals surface area contributed by atoms with Gasteiger partial charge < -0.3 is 84.3 Å². The minimum absolute atomic E-state index is 0.108. The summed E-state index contributed by atoms with van der Waals surface area (Å²) in [5.74, 6) is -3.97. The third-order valence-electron chi connectivity index (χ3n) is 8.84. The number of carbonyl (C=O) groups is 1. The predicted octanol–water partition coefficient (Wildman–Crippen LogP) is -1.10. The van der Waals surface area contributed by atoms with E-state index in [1.54, 1.807) is 0 Å². The van der Waals surface area contributed by atoms with Gasteiger partial charge in [-0.1, -0.05) is 6.07 Å². The lowest BCUT2D eigenvalue weighted by Gasteiger charge is -2.39. The van der Waals surface area contributed by atoms with Gasteiger partial charge in [-0.25, -0.2) is 4.79 Å². The molecule has 0 bridgehead atoms. The van der Waals surface area contributed by atoms with E-state index in [1.807, 2.05) is 0 Å². The molecule has 4 aromatic rings. The Kier molecular flexibility index (Phi) is 11.5. The van der Waals surface area contributed by atoms with Crippen LogP contribution >= 0.6 is 0 Å². The molecule has 6 rings (SSSR count). The van der Waals surface area contributed by atoms with Gasteiger partial charge in [0, 0.05) is 23.8 Å². The Labute approximate surface area is 308 Å². The number of aliphatic hydroxyl groups excluding tert-OH is 7. The maximum absolute atomic E-state index is 14.0. The Morgan fingerprint density at radius 2 is 1.35 bits per heavy atom. The molecule has 0 saturated carbocycles. The maximum Gasteiger partial charge on any atom is 0.330 e. The largest absolute Gasteiger partial charge is 0.508 e. The van der Waals surface area contributed by atoms with Gasteiger partial charge in [-0.2, -0.15) is 0 Å². The van der Waals surface area contributed by atoms with Crippen molar-refractivity contribution in [2.45, 2.75) is 61.4 Å². The molecule has 19 heteroatoms. The first-order chi connectivity index (χ1) is 26.2. The second kappa shape index (κ2) is 16.1. The van der Waals surface area contributed by atoms with Crippen LogP contribution in [0.2, 0.25) is 0 Å². The molecule has 0 radical (unpaired) electrons. The van der Waals surface area contributed by atoms with Crippen molar-refractivity contribution in [2.75, 3.05) is 13.2 Å². The van der Waals surface area contributed by atoms with Gasteiger partial charge in [0.2, 0.25) is 23.8 Å². The van der Waals surface area contributed by atoms with Gasteiger partial charge in [-0.15, -0.1) is 0 Å². The highest BCUT2D eigenvalue weighted by Crippen LogP contribution is 2.38. The van der Waals surface area contributed by atoms with E-state index in [-0.39, 0.29) is 34.2 Å². The highest BCUT2D eigenvalue weighted by molar-refractivity contribution is 5.88. The number of aromatic hydroxyl groups is 4. The van der Waals surface area contributed by atoms with Crippen LogP contribution in [0.25, 0.3) is 28.4 Å². The van der Waals surface area contributed by atoms with E-state index in [9.17, 15) is 65.8 Å². The molecular weight excluding hydrogens is 736 g/mol. The molecule has 2 saturated heterocycles. The van der Waals surface area contributed by atoms with Gasteiger partial charge >= 0.3 is 5.97 Å². The number of esters is 1. The van der Waals surface area contributed by atoms with Crippen molar-refractivity contribution in [1.82, 2.24) is 0 Å². The molecule has 3 heterocycles. The molecular formula is C36H36O19. The summed E-state index contributed by atoms with van der Waals surface area (Å²) in [6, 6.07) is 11.0. The minimum atomic E-state index is -2.00. The smallest absolute Gasteiger partial charge is 0.330 e. The number of fused-ring (bicyclic) bond motifs is 1. The Morgan fingerprint density at radius 3 is 2.00 bits per heavy atom. The number of phenols is 4. The summed E-state index contributed by atoms with van der Waals surface area (Å²) < 4.78 is 33.5. The minimum Gasteiger partial charge on any atom is -0.508 e. The Balaban J connectivity index is 1.28. The topological polar surface area (TPSA) is 316 Å². The number of ether oxygens (including phenoxy) is 5. The lowest BCUT2D eigenvalue weighted by molar-refractivity contribution is -0.278. The maximum atomic E-state index is 14.0. The molecule has 2 aliphatic rings. The van der Waals surface area contributed by atoms with Crippen molar-refractivity contribution in [2.24, 2.45) is 0 Å². The first-order valence-corrected chi connectivity index (χ1v) is 16.5. The first-order valence-electron chi connectivity index (χ1n) is 16.5. The number of aliphatic hydroxyl groups is 7. The molecule has 19 nitrogen and oxygen atoms in total. The van der Waals surface area contributed by atoms with Crippen LogP contribution in [0.5, 0.6) is 34.5 Å². The fourth-order valence-electron chi connectivity index (χ4n) is 5.82. The van der Waals surface area contributed by atoms with Gasteiger partial charge in [-0.3, -0.25) is 4.79 Å². The SMILES string of the molecule is O=C(/C=C/c1ccc(O)c(O)c1)OC[C@H]1O[C@@H](Oc2c(-c3ccc(O)cc3)oc3cc(O[C@@H]4O[C@H](CO)[C@@H](O)[C@H](O)[C@H]4O)cc(O)c3c2=O)[C@H](O)[C@@H](O)[C@@H]1O. The van der Waals surface area contributed by atoms with Crippen LogP contribution in [0.3, 0.4) is 0 Å². The van der Waals surface area contributed by atoms with Crippen LogP contribution in [0.15, 0.2) is 69.9 Å². The lowest BCUT2D eigenvalue weighted by Crippen LogP contribution is -2.60. The van der Waals surface area contributed by atoms with E-state index in [4.69, 9.17) is 28.1 Å². The molecule has 2 aliphatic heterocycles.